The highest BCUT2D eigenvalue weighted by atomic mass is 35.5. The molecular weight excluding hydrogens is 244 g/mol. The maximum absolute atomic E-state index is 5.67. The third-order valence-electron chi connectivity index (χ3n) is 1.60. The lowest BCUT2D eigenvalue weighted by molar-refractivity contribution is 0.827. The molecule has 0 saturated heterocycles. The van der Waals surface area contributed by atoms with Gasteiger partial charge in [-0.2, -0.15) is 0 Å². The molecule has 0 radical (unpaired) electrons. The number of aromatic nitrogens is 2. The first kappa shape index (κ1) is 11.8. The van der Waals surface area contributed by atoms with Gasteiger partial charge in [0, 0.05) is 24.8 Å². The van der Waals surface area contributed by atoms with Crippen molar-refractivity contribution in [2.45, 2.75) is 0 Å². The van der Waals surface area contributed by atoms with E-state index >= 15 is 0 Å². The minimum absolute atomic E-state index is 0.517. The van der Waals surface area contributed by atoms with Crippen LogP contribution in [0.1, 0.15) is 0 Å². The molecule has 0 aliphatic rings. The summed E-state index contributed by atoms with van der Waals surface area (Å²) in [5, 5.41) is 0.519. The van der Waals surface area contributed by atoms with Crippen LogP contribution in [-0.2, 0) is 0 Å². The van der Waals surface area contributed by atoms with Gasteiger partial charge in [0.1, 0.15) is 0 Å². The lowest BCUT2D eigenvalue weighted by atomic mass is 10.5. The molecule has 1 rings (SSSR count). The fourth-order valence-corrected chi connectivity index (χ4v) is 1.49. The fourth-order valence-electron chi connectivity index (χ4n) is 0.985. The van der Waals surface area contributed by atoms with E-state index in [4.69, 9.17) is 34.8 Å². The fraction of sp³-hybridized carbons (Fsp3) is 0.500. The molecule has 3 nitrogen and oxygen atoms in total. The molecule has 0 bridgehead atoms. The van der Waals surface area contributed by atoms with Gasteiger partial charge in [0.05, 0.1) is 17.4 Å². The van der Waals surface area contributed by atoms with Crippen LogP contribution in [0.25, 0.3) is 0 Å². The van der Waals surface area contributed by atoms with Gasteiger partial charge in [0.15, 0.2) is 0 Å². The zero-order valence-electron chi connectivity index (χ0n) is 7.46. The Morgan fingerprint density at radius 1 is 1.07 bits per heavy atom. The Morgan fingerprint density at radius 3 is 2.00 bits per heavy atom. The van der Waals surface area contributed by atoms with Crippen LogP contribution in [0.4, 0.5) is 5.95 Å². The molecule has 0 fully saturated rings. The zero-order chi connectivity index (χ0) is 10.4. The van der Waals surface area contributed by atoms with E-state index in [1.807, 2.05) is 4.90 Å². The Labute approximate surface area is 98.0 Å². The summed E-state index contributed by atoms with van der Waals surface area (Å²) in [5.74, 6) is 1.64. The van der Waals surface area contributed by atoms with Crippen molar-refractivity contribution in [1.82, 2.24) is 9.97 Å². The van der Waals surface area contributed by atoms with Crippen molar-refractivity contribution in [2.75, 3.05) is 29.7 Å². The molecule has 0 aliphatic heterocycles. The summed E-state index contributed by atoms with van der Waals surface area (Å²) >= 11 is 17.0. The number of halogens is 3. The Balaban J connectivity index is 2.71. The molecule has 1 aromatic rings. The molecule has 1 aromatic heterocycles. The van der Waals surface area contributed by atoms with Crippen molar-refractivity contribution in [3.63, 3.8) is 0 Å². The predicted molar refractivity (Wildman–Crippen MR) is 60.7 cm³/mol. The van der Waals surface area contributed by atoms with Gasteiger partial charge in [-0.1, -0.05) is 11.6 Å². The summed E-state index contributed by atoms with van der Waals surface area (Å²) in [4.78, 5) is 10.1. The van der Waals surface area contributed by atoms with Gasteiger partial charge in [-0.25, -0.2) is 9.97 Å². The Kier molecular flexibility index (Phi) is 5.30. The van der Waals surface area contributed by atoms with Crippen molar-refractivity contribution in [3.05, 3.63) is 17.4 Å². The summed E-state index contributed by atoms with van der Waals surface area (Å²) in [7, 11) is 0. The number of hydrogen-bond donors (Lipinski definition) is 0. The van der Waals surface area contributed by atoms with E-state index in [0.29, 0.717) is 35.8 Å². The molecule has 0 aromatic carbocycles. The van der Waals surface area contributed by atoms with Crippen molar-refractivity contribution in [1.29, 1.82) is 0 Å². The van der Waals surface area contributed by atoms with E-state index in [9.17, 15) is 0 Å². The van der Waals surface area contributed by atoms with Crippen molar-refractivity contribution in [3.8, 4) is 0 Å². The Morgan fingerprint density at radius 2 is 1.57 bits per heavy atom. The van der Waals surface area contributed by atoms with Gasteiger partial charge in [-0.05, 0) is 0 Å². The molecule has 6 heteroatoms. The molecule has 0 spiro atoms. The third kappa shape index (κ3) is 3.48. The molecular formula is C8H10Cl3N3. The minimum atomic E-state index is 0.517. The van der Waals surface area contributed by atoms with Crippen molar-refractivity contribution >= 4 is 40.8 Å². The largest absolute Gasteiger partial charge is 0.338 e. The first-order chi connectivity index (χ1) is 6.77. The average Bonchev–Trinajstić information content (AvgIpc) is 2.19. The summed E-state index contributed by atoms with van der Waals surface area (Å²) < 4.78 is 0. The third-order valence-corrected chi connectivity index (χ3v) is 2.13. The Bertz CT molecular complexity index is 259. The van der Waals surface area contributed by atoms with Gasteiger partial charge >= 0.3 is 0 Å². The quantitative estimate of drug-likeness (QED) is 0.756. The molecule has 78 valence electrons. The molecule has 14 heavy (non-hydrogen) atoms. The second-order valence-electron chi connectivity index (χ2n) is 2.57. The van der Waals surface area contributed by atoms with Crippen LogP contribution in [0.5, 0.6) is 0 Å². The number of nitrogens with zero attached hydrogens (tertiary/aromatic N) is 3. The van der Waals surface area contributed by atoms with Crippen LogP contribution in [-0.4, -0.2) is 34.8 Å². The number of hydrogen-bond acceptors (Lipinski definition) is 3. The molecule has 0 atom stereocenters. The van der Waals surface area contributed by atoms with Crippen LogP contribution < -0.4 is 4.90 Å². The number of rotatable bonds is 5. The molecule has 0 N–H and O–H groups in total. The minimum Gasteiger partial charge on any atom is -0.338 e. The first-order valence-electron chi connectivity index (χ1n) is 4.12. The second kappa shape index (κ2) is 6.27. The highest BCUT2D eigenvalue weighted by molar-refractivity contribution is 6.30. The molecule has 1 heterocycles. The first-order valence-corrected chi connectivity index (χ1v) is 5.57. The molecule has 0 amide bonds. The predicted octanol–water partition coefficient (Wildman–Crippen LogP) is 2.41. The Hall–Kier alpha value is -0.250. The number of anilines is 1. The lowest BCUT2D eigenvalue weighted by Gasteiger charge is -2.19. The highest BCUT2D eigenvalue weighted by Crippen LogP contribution is 2.10. The lowest BCUT2D eigenvalue weighted by Crippen LogP contribution is -2.29. The van der Waals surface area contributed by atoms with Gasteiger partial charge < -0.3 is 4.90 Å². The van der Waals surface area contributed by atoms with Crippen LogP contribution in [0.15, 0.2) is 12.4 Å². The van der Waals surface area contributed by atoms with Gasteiger partial charge in [0.25, 0.3) is 0 Å². The summed E-state index contributed by atoms with van der Waals surface area (Å²) in [6.07, 6.45) is 3.11. The monoisotopic (exact) mass is 253 g/mol. The zero-order valence-corrected chi connectivity index (χ0v) is 9.73. The van der Waals surface area contributed by atoms with E-state index < -0.39 is 0 Å². The second-order valence-corrected chi connectivity index (χ2v) is 3.76. The van der Waals surface area contributed by atoms with Crippen LogP contribution >= 0.6 is 34.8 Å². The SMILES string of the molecule is ClCCN(CCCl)c1ncc(Cl)cn1. The van der Waals surface area contributed by atoms with Crippen LogP contribution in [0, 0.1) is 0 Å². The smallest absolute Gasteiger partial charge is 0.225 e. The van der Waals surface area contributed by atoms with E-state index in [1.165, 1.54) is 0 Å². The average molecular weight is 255 g/mol. The molecule has 0 saturated carbocycles. The molecule has 0 unspecified atom stereocenters. The topological polar surface area (TPSA) is 29.0 Å². The van der Waals surface area contributed by atoms with Crippen LogP contribution in [0.2, 0.25) is 5.02 Å². The summed E-state index contributed by atoms with van der Waals surface area (Å²) in [5.41, 5.74) is 0. The van der Waals surface area contributed by atoms with E-state index in [0.717, 1.165) is 0 Å². The van der Waals surface area contributed by atoms with Gasteiger partial charge in [-0.3, -0.25) is 0 Å². The highest BCUT2D eigenvalue weighted by Gasteiger charge is 2.07. The normalized spacial score (nSPS) is 10.2. The van der Waals surface area contributed by atoms with Gasteiger partial charge in [0.2, 0.25) is 5.95 Å². The summed E-state index contributed by atoms with van der Waals surface area (Å²) in [6.45, 7) is 1.35. The standard InChI is InChI=1S/C8H10Cl3N3/c9-1-3-14(4-2-10)8-12-5-7(11)6-13-8/h5-6H,1-4H2. The summed E-state index contributed by atoms with van der Waals surface area (Å²) in [6, 6.07) is 0. The van der Waals surface area contributed by atoms with Crippen molar-refractivity contribution < 1.29 is 0 Å². The van der Waals surface area contributed by atoms with E-state index in [1.54, 1.807) is 12.4 Å². The number of alkyl halides is 2. The van der Waals surface area contributed by atoms with Crippen LogP contribution in [0.3, 0.4) is 0 Å². The van der Waals surface area contributed by atoms with E-state index in [2.05, 4.69) is 9.97 Å². The van der Waals surface area contributed by atoms with E-state index in [-0.39, 0.29) is 0 Å². The molecule has 0 aliphatic carbocycles. The maximum Gasteiger partial charge on any atom is 0.225 e. The maximum atomic E-state index is 5.67. The van der Waals surface area contributed by atoms with Crippen molar-refractivity contribution in [2.24, 2.45) is 0 Å². The van der Waals surface area contributed by atoms with Gasteiger partial charge in [-0.15, -0.1) is 23.2 Å².